The van der Waals surface area contributed by atoms with Crippen molar-refractivity contribution in [2.24, 2.45) is 0 Å². The first-order valence-corrected chi connectivity index (χ1v) is 8.97. The number of rotatable bonds is 5. The molecule has 8 heteroatoms. The van der Waals surface area contributed by atoms with Gasteiger partial charge in [0.2, 0.25) is 11.9 Å². The van der Waals surface area contributed by atoms with Crippen molar-refractivity contribution in [3.63, 3.8) is 0 Å². The highest BCUT2D eigenvalue weighted by molar-refractivity contribution is 5.92. The maximum atomic E-state index is 12.1. The molecule has 0 spiro atoms. The molecule has 0 radical (unpaired) electrons. The standard InChI is InChI=1S/C19H25N5O3/c1-4-5-6-17(25)23-7-9-24(10-8-23)19-21-14-12-16(27-3)15(26-2)11-13(14)18(20)22-19/h5-6,11-12H,4,7-10H2,1-3H3,(H2,20,21,22)/b6-5+. The fourth-order valence-corrected chi connectivity index (χ4v) is 3.06. The lowest BCUT2D eigenvalue weighted by molar-refractivity contribution is -0.126. The molecule has 2 heterocycles. The van der Waals surface area contributed by atoms with Gasteiger partial charge in [0.05, 0.1) is 19.7 Å². The number of aromatic nitrogens is 2. The number of nitrogens with zero attached hydrogens (tertiary/aromatic N) is 4. The third kappa shape index (κ3) is 3.89. The van der Waals surface area contributed by atoms with Crippen LogP contribution in [0.4, 0.5) is 11.8 Å². The summed E-state index contributed by atoms with van der Waals surface area (Å²) in [4.78, 5) is 25.1. The summed E-state index contributed by atoms with van der Waals surface area (Å²) in [6.07, 6.45) is 4.37. The molecule has 2 aromatic rings. The number of allylic oxidation sites excluding steroid dienone is 1. The van der Waals surface area contributed by atoms with E-state index >= 15 is 0 Å². The van der Waals surface area contributed by atoms with Gasteiger partial charge in [-0.3, -0.25) is 4.79 Å². The van der Waals surface area contributed by atoms with Crippen LogP contribution in [-0.4, -0.2) is 61.2 Å². The van der Waals surface area contributed by atoms with E-state index in [0.29, 0.717) is 55.0 Å². The van der Waals surface area contributed by atoms with Gasteiger partial charge in [-0.1, -0.05) is 13.0 Å². The van der Waals surface area contributed by atoms with Crippen LogP contribution in [0.15, 0.2) is 24.3 Å². The molecule has 0 aliphatic carbocycles. The summed E-state index contributed by atoms with van der Waals surface area (Å²) in [6.45, 7) is 4.57. The van der Waals surface area contributed by atoms with Crippen molar-refractivity contribution < 1.29 is 14.3 Å². The van der Waals surface area contributed by atoms with Crippen molar-refractivity contribution >= 4 is 28.6 Å². The number of methoxy groups -OCH3 is 2. The molecule has 1 aromatic carbocycles. The van der Waals surface area contributed by atoms with Gasteiger partial charge in [-0.2, -0.15) is 4.98 Å². The Bertz CT molecular complexity index is 860. The average Bonchev–Trinajstić information content (AvgIpc) is 2.71. The first-order valence-electron chi connectivity index (χ1n) is 8.97. The van der Waals surface area contributed by atoms with Crippen LogP contribution >= 0.6 is 0 Å². The monoisotopic (exact) mass is 371 g/mol. The molecule has 27 heavy (non-hydrogen) atoms. The Balaban J connectivity index is 1.82. The summed E-state index contributed by atoms with van der Waals surface area (Å²) in [5.41, 5.74) is 6.86. The molecule has 0 saturated carbocycles. The number of piperazine rings is 1. The number of fused-ring (bicyclic) bond motifs is 1. The van der Waals surface area contributed by atoms with Crippen LogP contribution in [0.2, 0.25) is 0 Å². The maximum Gasteiger partial charge on any atom is 0.246 e. The Morgan fingerprint density at radius 3 is 2.44 bits per heavy atom. The minimum absolute atomic E-state index is 0.0484. The third-order valence-corrected chi connectivity index (χ3v) is 4.59. The summed E-state index contributed by atoms with van der Waals surface area (Å²) < 4.78 is 10.7. The number of nitrogen functional groups attached to an aromatic ring is 1. The van der Waals surface area contributed by atoms with Gasteiger partial charge in [-0.25, -0.2) is 4.98 Å². The molecule has 0 bridgehead atoms. The first-order chi connectivity index (χ1) is 13.1. The fourth-order valence-electron chi connectivity index (χ4n) is 3.06. The lowest BCUT2D eigenvalue weighted by Crippen LogP contribution is -2.48. The first kappa shape index (κ1) is 18.8. The summed E-state index contributed by atoms with van der Waals surface area (Å²) >= 11 is 0. The second kappa shape index (κ2) is 8.11. The van der Waals surface area contributed by atoms with E-state index in [0.717, 1.165) is 11.8 Å². The summed E-state index contributed by atoms with van der Waals surface area (Å²) in [6, 6.07) is 3.58. The number of hydrogen-bond acceptors (Lipinski definition) is 7. The van der Waals surface area contributed by atoms with Crippen LogP contribution in [0.25, 0.3) is 10.9 Å². The van der Waals surface area contributed by atoms with Crippen molar-refractivity contribution in [1.29, 1.82) is 0 Å². The summed E-state index contributed by atoms with van der Waals surface area (Å²) in [7, 11) is 3.16. The highest BCUT2D eigenvalue weighted by Crippen LogP contribution is 2.34. The minimum Gasteiger partial charge on any atom is -0.493 e. The van der Waals surface area contributed by atoms with Crippen LogP contribution in [-0.2, 0) is 4.79 Å². The second-order valence-corrected chi connectivity index (χ2v) is 6.26. The lowest BCUT2D eigenvalue weighted by atomic mass is 10.2. The van der Waals surface area contributed by atoms with Gasteiger partial charge in [0.1, 0.15) is 5.82 Å². The van der Waals surface area contributed by atoms with Crippen molar-refractivity contribution in [1.82, 2.24) is 14.9 Å². The number of nitrogens with two attached hydrogens (primary N) is 1. The van der Waals surface area contributed by atoms with Crippen LogP contribution in [0.5, 0.6) is 11.5 Å². The van der Waals surface area contributed by atoms with Crippen LogP contribution < -0.4 is 20.1 Å². The molecule has 1 saturated heterocycles. The second-order valence-electron chi connectivity index (χ2n) is 6.26. The molecule has 1 aliphatic heterocycles. The van der Waals surface area contributed by atoms with Gasteiger partial charge >= 0.3 is 0 Å². The number of hydrogen-bond donors (Lipinski definition) is 1. The smallest absolute Gasteiger partial charge is 0.246 e. The zero-order valence-electron chi connectivity index (χ0n) is 15.9. The zero-order chi connectivity index (χ0) is 19.4. The van der Waals surface area contributed by atoms with E-state index < -0.39 is 0 Å². The van der Waals surface area contributed by atoms with Gasteiger partial charge in [0.15, 0.2) is 11.5 Å². The number of carbonyl (C=O) groups is 1. The average molecular weight is 371 g/mol. The molecular formula is C19H25N5O3. The number of amides is 1. The topological polar surface area (TPSA) is 93.8 Å². The van der Waals surface area contributed by atoms with Gasteiger partial charge in [0.25, 0.3) is 0 Å². The zero-order valence-corrected chi connectivity index (χ0v) is 15.9. The van der Waals surface area contributed by atoms with Crippen LogP contribution in [0, 0.1) is 0 Å². The predicted octanol–water partition coefficient (Wildman–Crippen LogP) is 1.84. The fraction of sp³-hybridized carbons (Fsp3) is 0.421. The van der Waals surface area contributed by atoms with E-state index in [-0.39, 0.29) is 5.91 Å². The molecule has 8 nitrogen and oxygen atoms in total. The largest absolute Gasteiger partial charge is 0.493 e. The van der Waals surface area contributed by atoms with Crippen LogP contribution in [0.3, 0.4) is 0 Å². The quantitative estimate of drug-likeness (QED) is 0.802. The minimum atomic E-state index is 0.0484. The Hall–Kier alpha value is -3.03. The Morgan fingerprint density at radius 1 is 1.15 bits per heavy atom. The highest BCUT2D eigenvalue weighted by Gasteiger charge is 2.22. The van der Waals surface area contributed by atoms with Crippen LogP contribution in [0.1, 0.15) is 13.3 Å². The molecular weight excluding hydrogens is 346 g/mol. The molecule has 144 valence electrons. The molecule has 2 N–H and O–H groups in total. The van der Waals surface area contributed by atoms with E-state index in [1.54, 1.807) is 32.4 Å². The Labute approximate surface area is 158 Å². The van der Waals surface area contributed by atoms with Crippen molar-refractivity contribution in [2.45, 2.75) is 13.3 Å². The number of anilines is 2. The van der Waals surface area contributed by atoms with Crippen molar-refractivity contribution in [2.75, 3.05) is 51.0 Å². The molecule has 3 rings (SSSR count). The molecule has 0 atom stereocenters. The maximum absolute atomic E-state index is 12.1. The van der Waals surface area contributed by atoms with E-state index in [4.69, 9.17) is 15.2 Å². The summed E-state index contributed by atoms with van der Waals surface area (Å²) in [5, 5.41) is 0.718. The van der Waals surface area contributed by atoms with Gasteiger partial charge in [0, 0.05) is 37.6 Å². The van der Waals surface area contributed by atoms with E-state index in [1.165, 1.54) is 0 Å². The number of carbonyl (C=O) groups excluding carboxylic acids is 1. The van der Waals surface area contributed by atoms with Gasteiger partial charge < -0.3 is 25.0 Å². The van der Waals surface area contributed by atoms with Gasteiger partial charge in [-0.15, -0.1) is 0 Å². The SMILES string of the molecule is CC/C=C/C(=O)N1CCN(c2nc(N)c3cc(OC)c(OC)cc3n2)CC1. The summed E-state index contributed by atoms with van der Waals surface area (Å²) in [5.74, 6) is 2.17. The van der Waals surface area contributed by atoms with Crippen molar-refractivity contribution in [3.05, 3.63) is 24.3 Å². The number of ether oxygens (including phenoxy) is 2. The number of benzene rings is 1. The normalized spacial score (nSPS) is 14.8. The van der Waals surface area contributed by atoms with E-state index in [1.807, 2.05) is 22.8 Å². The highest BCUT2D eigenvalue weighted by atomic mass is 16.5. The molecule has 1 aliphatic rings. The van der Waals surface area contributed by atoms with E-state index in [9.17, 15) is 4.79 Å². The van der Waals surface area contributed by atoms with Gasteiger partial charge in [-0.05, 0) is 18.6 Å². The molecule has 1 amide bonds. The predicted molar refractivity (Wildman–Crippen MR) is 105 cm³/mol. The molecule has 0 unspecified atom stereocenters. The Kier molecular flexibility index (Phi) is 5.63. The molecule has 1 aromatic heterocycles. The Morgan fingerprint density at radius 2 is 1.81 bits per heavy atom. The molecule has 1 fully saturated rings. The van der Waals surface area contributed by atoms with E-state index in [2.05, 4.69) is 9.97 Å². The third-order valence-electron chi connectivity index (χ3n) is 4.59. The van der Waals surface area contributed by atoms with Crippen molar-refractivity contribution in [3.8, 4) is 11.5 Å². The lowest BCUT2D eigenvalue weighted by Gasteiger charge is -2.34.